The fourth-order valence-corrected chi connectivity index (χ4v) is 1.44. The summed E-state index contributed by atoms with van der Waals surface area (Å²) in [7, 11) is 2.02. The lowest BCUT2D eigenvalue weighted by Gasteiger charge is -2.51. The minimum atomic E-state index is 0.0263. The summed E-state index contributed by atoms with van der Waals surface area (Å²) in [5.41, 5.74) is 0.396. The van der Waals surface area contributed by atoms with Crippen LogP contribution in [0.4, 0.5) is 0 Å². The average molecular weight is 228 g/mol. The molecule has 2 nitrogen and oxygen atoms in total. The third-order valence-electron chi connectivity index (χ3n) is 4.69. The van der Waals surface area contributed by atoms with E-state index < -0.39 is 0 Å². The van der Waals surface area contributed by atoms with Crippen molar-refractivity contribution >= 4 is 0 Å². The van der Waals surface area contributed by atoms with Gasteiger partial charge >= 0.3 is 0 Å². The van der Waals surface area contributed by atoms with Crippen molar-refractivity contribution < 1.29 is 0 Å². The fraction of sp³-hybridized carbons (Fsp3) is 1.00. The molecule has 0 radical (unpaired) electrons. The first-order valence-electron chi connectivity index (χ1n) is 6.25. The Labute approximate surface area is 103 Å². The molecule has 0 unspecified atom stereocenters. The first-order chi connectivity index (χ1) is 6.77. The number of likely N-dealkylation sites (N-methyl/N-ethyl adjacent to an activating group) is 1. The number of rotatable bonds is 4. The summed E-state index contributed by atoms with van der Waals surface area (Å²) in [5.74, 6) is 0. The lowest BCUT2D eigenvalue weighted by Crippen LogP contribution is -2.68. The third-order valence-corrected chi connectivity index (χ3v) is 4.69. The van der Waals surface area contributed by atoms with Crippen LogP contribution in [0.5, 0.6) is 0 Å². The van der Waals surface area contributed by atoms with Gasteiger partial charge in [-0.05, 0) is 54.0 Å². The monoisotopic (exact) mass is 228 g/mol. The first-order valence-corrected chi connectivity index (χ1v) is 6.25. The molecule has 16 heavy (non-hydrogen) atoms. The van der Waals surface area contributed by atoms with Crippen molar-refractivity contribution in [3.05, 3.63) is 0 Å². The Morgan fingerprint density at radius 1 is 0.562 bits per heavy atom. The normalized spacial score (nSPS) is 15.4. The highest BCUT2D eigenvalue weighted by Gasteiger charge is 2.43. The quantitative estimate of drug-likeness (QED) is 0.772. The van der Waals surface area contributed by atoms with E-state index in [4.69, 9.17) is 0 Å². The van der Waals surface area contributed by atoms with E-state index in [1.165, 1.54) is 0 Å². The van der Waals surface area contributed by atoms with Crippen molar-refractivity contribution in [1.82, 2.24) is 10.6 Å². The minimum Gasteiger partial charge on any atom is -0.313 e. The molecule has 0 aliphatic heterocycles. The third kappa shape index (κ3) is 3.21. The topological polar surface area (TPSA) is 24.1 Å². The number of hydrogen-bond donors (Lipinski definition) is 2. The van der Waals surface area contributed by atoms with Gasteiger partial charge in [-0.1, -0.05) is 20.8 Å². The summed E-state index contributed by atoms with van der Waals surface area (Å²) in [6.07, 6.45) is 0. The summed E-state index contributed by atoms with van der Waals surface area (Å²) in [4.78, 5) is 0. The van der Waals surface area contributed by atoms with Gasteiger partial charge in [-0.3, -0.25) is 0 Å². The summed E-state index contributed by atoms with van der Waals surface area (Å²) in [6, 6.07) is 0. The van der Waals surface area contributed by atoms with Gasteiger partial charge in [0.05, 0.1) is 0 Å². The lowest BCUT2D eigenvalue weighted by atomic mass is 9.72. The van der Waals surface area contributed by atoms with Gasteiger partial charge < -0.3 is 10.6 Å². The Bertz CT molecular complexity index is 232. The molecular formula is C14H32N2. The van der Waals surface area contributed by atoms with E-state index in [-0.39, 0.29) is 22.0 Å². The van der Waals surface area contributed by atoms with Crippen LogP contribution in [0.1, 0.15) is 62.3 Å². The van der Waals surface area contributed by atoms with Crippen LogP contribution in [-0.4, -0.2) is 23.7 Å². The van der Waals surface area contributed by atoms with Gasteiger partial charge in [-0.25, -0.2) is 0 Å². The molecule has 0 amide bonds. The molecule has 0 spiro atoms. The van der Waals surface area contributed by atoms with E-state index in [0.29, 0.717) is 0 Å². The van der Waals surface area contributed by atoms with Crippen LogP contribution < -0.4 is 10.6 Å². The van der Waals surface area contributed by atoms with Gasteiger partial charge in [-0.15, -0.1) is 0 Å². The van der Waals surface area contributed by atoms with E-state index in [0.717, 1.165) is 0 Å². The molecule has 0 aromatic heterocycles. The van der Waals surface area contributed by atoms with Crippen molar-refractivity contribution in [2.24, 2.45) is 5.41 Å². The maximum absolute atomic E-state index is 3.80. The number of nitrogens with one attached hydrogen (secondary N) is 2. The van der Waals surface area contributed by atoms with Crippen molar-refractivity contribution in [1.29, 1.82) is 0 Å². The van der Waals surface area contributed by atoms with Gasteiger partial charge in [-0.2, -0.15) is 0 Å². The van der Waals surface area contributed by atoms with Crippen molar-refractivity contribution in [3.8, 4) is 0 Å². The Morgan fingerprint density at radius 2 is 0.938 bits per heavy atom. The molecule has 2 heteroatoms. The molecule has 0 saturated carbocycles. The van der Waals surface area contributed by atoms with E-state index in [1.807, 2.05) is 7.05 Å². The van der Waals surface area contributed by atoms with E-state index in [9.17, 15) is 0 Å². The molecule has 0 aromatic rings. The van der Waals surface area contributed by atoms with Gasteiger partial charge in [0.1, 0.15) is 0 Å². The van der Waals surface area contributed by atoms with Crippen LogP contribution in [-0.2, 0) is 0 Å². The molecule has 0 rings (SSSR count). The van der Waals surface area contributed by atoms with Crippen LogP contribution in [0, 0.1) is 5.41 Å². The van der Waals surface area contributed by atoms with Gasteiger partial charge in [0, 0.05) is 16.6 Å². The largest absolute Gasteiger partial charge is 0.313 e. The predicted octanol–water partition coefficient (Wildman–Crippen LogP) is 3.18. The molecule has 0 bridgehead atoms. The Kier molecular flexibility index (Phi) is 4.28. The highest BCUT2D eigenvalue weighted by Crippen LogP contribution is 2.33. The Balaban J connectivity index is 4.99. The van der Waals surface area contributed by atoms with Crippen LogP contribution in [0.25, 0.3) is 0 Å². The van der Waals surface area contributed by atoms with Gasteiger partial charge in [0.25, 0.3) is 0 Å². The Morgan fingerprint density at radius 3 is 1.19 bits per heavy atom. The molecule has 2 N–H and O–H groups in total. The Hall–Kier alpha value is -0.0800. The highest BCUT2D eigenvalue weighted by molar-refractivity contribution is 5.05. The van der Waals surface area contributed by atoms with Crippen molar-refractivity contribution in [2.45, 2.75) is 78.9 Å². The van der Waals surface area contributed by atoms with Gasteiger partial charge in [0.2, 0.25) is 0 Å². The molecule has 0 saturated heterocycles. The maximum Gasteiger partial charge on any atom is 0.0306 e. The highest BCUT2D eigenvalue weighted by atomic mass is 15.1. The van der Waals surface area contributed by atoms with Crippen molar-refractivity contribution in [2.75, 3.05) is 7.05 Å². The zero-order chi connectivity index (χ0) is 13.4. The van der Waals surface area contributed by atoms with E-state index in [1.54, 1.807) is 0 Å². The molecule has 0 atom stereocenters. The average Bonchev–Trinajstić information content (AvgIpc) is 1.99. The summed E-state index contributed by atoms with van der Waals surface area (Å²) in [5, 5.41) is 7.19. The predicted molar refractivity (Wildman–Crippen MR) is 73.9 cm³/mol. The number of hydrogen-bond acceptors (Lipinski definition) is 2. The zero-order valence-corrected chi connectivity index (χ0v) is 13.0. The van der Waals surface area contributed by atoms with E-state index >= 15 is 0 Å². The second-order valence-electron chi connectivity index (χ2n) is 7.50. The molecule has 0 fully saturated rings. The van der Waals surface area contributed by atoms with Crippen LogP contribution >= 0.6 is 0 Å². The van der Waals surface area contributed by atoms with Gasteiger partial charge in [0.15, 0.2) is 0 Å². The smallest absolute Gasteiger partial charge is 0.0306 e. The fourth-order valence-electron chi connectivity index (χ4n) is 1.44. The second-order valence-corrected chi connectivity index (χ2v) is 7.50. The van der Waals surface area contributed by atoms with Crippen LogP contribution in [0.3, 0.4) is 0 Å². The minimum absolute atomic E-state index is 0.0263. The lowest BCUT2D eigenvalue weighted by molar-refractivity contribution is 0.0873. The molecule has 0 aliphatic carbocycles. The molecule has 0 aliphatic rings. The zero-order valence-electron chi connectivity index (χ0n) is 13.0. The SMILES string of the molecule is CNC(C)(C)C(C)(C)NC(C)(C)C(C)(C)C. The standard InChI is InChI=1S/C14H32N2/c1-11(2,3)12(4,5)16-14(8,9)13(6,7)15-10/h15-16H,1-10H3. The van der Waals surface area contributed by atoms with Crippen LogP contribution in [0.2, 0.25) is 0 Å². The first kappa shape index (κ1) is 15.9. The van der Waals surface area contributed by atoms with Crippen molar-refractivity contribution in [3.63, 3.8) is 0 Å². The summed E-state index contributed by atoms with van der Waals surface area (Å²) >= 11 is 0. The van der Waals surface area contributed by atoms with E-state index in [2.05, 4.69) is 72.9 Å². The summed E-state index contributed by atoms with van der Waals surface area (Å²) < 4.78 is 0. The molecule has 0 heterocycles. The summed E-state index contributed by atoms with van der Waals surface area (Å²) in [6.45, 7) is 20.4. The molecular weight excluding hydrogens is 196 g/mol. The van der Waals surface area contributed by atoms with Crippen LogP contribution in [0.15, 0.2) is 0 Å². The maximum atomic E-state index is 3.80. The second kappa shape index (κ2) is 4.30. The molecule has 0 aromatic carbocycles. The molecule has 98 valence electrons.